The van der Waals surface area contributed by atoms with Crippen molar-refractivity contribution in [2.24, 2.45) is 5.92 Å². The van der Waals surface area contributed by atoms with Gasteiger partial charge in [-0.2, -0.15) is 0 Å². The Bertz CT molecular complexity index is 1440. The number of likely N-dealkylation sites (tertiary alicyclic amines) is 1. The van der Waals surface area contributed by atoms with Crippen molar-refractivity contribution in [1.29, 1.82) is 0 Å². The van der Waals surface area contributed by atoms with E-state index in [9.17, 15) is 35.9 Å². The maximum Gasteiger partial charge on any atom is 0.282 e. The molecule has 41 heavy (non-hydrogen) atoms. The molecule has 1 aromatic carbocycles. The number of aromatic amines is 1. The van der Waals surface area contributed by atoms with Crippen LogP contribution in [0.3, 0.4) is 0 Å². The average Bonchev–Trinajstić information content (AvgIpc) is 3.51. The minimum absolute atomic E-state index is 0.00417. The van der Waals surface area contributed by atoms with E-state index < -0.39 is 91.7 Å². The van der Waals surface area contributed by atoms with Crippen LogP contribution in [0.4, 0.5) is 30.7 Å². The first-order valence-corrected chi connectivity index (χ1v) is 12.9. The second kappa shape index (κ2) is 10.6. The van der Waals surface area contributed by atoms with E-state index in [0.717, 1.165) is 6.07 Å². The van der Waals surface area contributed by atoms with Crippen molar-refractivity contribution >= 4 is 22.8 Å². The van der Waals surface area contributed by atoms with Gasteiger partial charge in [-0.1, -0.05) is 11.2 Å². The lowest BCUT2D eigenvalue weighted by Gasteiger charge is -2.40. The van der Waals surface area contributed by atoms with E-state index in [1.165, 1.54) is 13.0 Å². The number of alkyl halides is 6. The van der Waals surface area contributed by atoms with Crippen LogP contribution in [0.25, 0.3) is 11.0 Å². The van der Waals surface area contributed by atoms with Gasteiger partial charge in [-0.25, -0.2) is 40.3 Å². The molecule has 16 heteroatoms. The maximum atomic E-state index is 15.8. The Morgan fingerprint density at radius 3 is 2.39 bits per heavy atom. The molecule has 0 bridgehead atoms. The van der Waals surface area contributed by atoms with Crippen LogP contribution in [-0.4, -0.2) is 68.4 Å². The molecule has 2 aromatic heterocycles. The number of rotatable bonds is 8. The summed E-state index contributed by atoms with van der Waals surface area (Å²) in [7, 11) is 0. The first kappa shape index (κ1) is 28.8. The van der Waals surface area contributed by atoms with Gasteiger partial charge < -0.3 is 15.2 Å². The number of H-pyrrole nitrogens is 1. The minimum Gasteiger partial charge on any atom is -0.340 e. The van der Waals surface area contributed by atoms with Crippen molar-refractivity contribution in [1.82, 2.24) is 30.5 Å². The summed E-state index contributed by atoms with van der Waals surface area (Å²) in [5.74, 6) is -11.2. The highest BCUT2D eigenvalue weighted by molar-refractivity contribution is 5.93. The Kier molecular flexibility index (Phi) is 7.44. The Hall–Kier alpha value is -3.72. The van der Waals surface area contributed by atoms with Crippen molar-refractivity contribution in [3.63, 3.8) is 0 Å². The van der Waals surface area contributed by atoms with Crippen LogP contribution < -0.4 is 5.32 Å². The summed E-state index contributed by atoms with van der Waals surface area (Å²) < 4.78 is 102. The monoisotopic (exact) mass is 590 g/mol. The molecule has 1 unspecified atom stereocenters. The fourth-order valence-electron chi connectivity index (χ4n) is 5.37. The van der Waals surface area contributed by atoms with Crippen LogP contribution in [0.15, 0.2) is 16.8 Å². The van der Waals surface area contributed by atoms with Crippen molar-refractivity contribution < 1.29 is 45.0 Å². The van der Waals surface area contributed by atoms with Crippen LogP contribution in [0.2, 0.25) is 0 Å². The number of carbonyl (C=O) groups excluding carboxylic acids is 2. The average molecular weight is 591 g/mol. The first-order chi connectivity index (χ1) is 19.2. The van der Waals surface area contributed by atoms with Crippen LogP contribution in [0, 0.1) is 18.7 Å². The molecule has 5 rings (SSSR count). The minimum atomic E-state index is -3.15. The molecular formula is C25H25F7N6O3. The van der Waals surface area contributed by atoms with Crippen LogP contribution in [0.5, 0.6) is 0 Å². The van der Waals surface area contributed by atoms with E-state index in [0.29, 0.717) is 4.90 Å². The third-order valence-corrected chi connectivity index (χ3v) is 7.57. The summed E-state index contributed by atoms with van der Waals surface area (Å²) >= 11 is 0. The van der Waals surface area contributed by atoms with Gasteiger partial charge >= 0.3 is 0 Å². The van der Waals surface area contributed by atoms with E-state index >= 15 is 4.39 Å². The van der Waals surface area contributed by atoms with Crippen LogP contribution in [-0.2, 0) is 4.79 Å². The summed E-state index contributed by atoms with van der Waals surface area (Å²) in [6, 6.07) is 1.38. The SMILES string of the molecule is Cc1nonc1C(=O)N[C@H](c1nc2c(F)c(C(CC(F)F)C(=O)N3CC(F)(F)C3)ccc2[nH]1)C1CCC(F)(F)CC1. The summed E-state index contributed by atoms with van der Waals surface area (Å²) in [6.07, 6.45) is -5.01. The van der Waals surface area contributed by atoms with Gasteiger partial charge in [0.15, 0.2) is 11.5 Å². The number of halogens is 7. The van der Waals surface area contributed by atoms with Crippen molar-refractivity contribution in [3.8, 4) is 0 Å². The third kappa shape index (κ3) is 5.86. The smallest absolute Gasteiger partial charge is 0.282 e. The zero-order valence-electron chi connectivity index (χ0n) is 21.6. The topological polar surface area (TPSA) is 117 Å². The quantitative estimate of drug-likeness (QED) is 0.361. The molecule has 222 valence electrons. The Morgan fingerprint density at radius 1 is 1.12 bits per heavy atom. The van der Waals surface area contributed by atoms with E-state index in [-0.39, 0.29) is 41.1 Å². The Labute approximate surface area is 227 Å². The molecule has 1 saturated heterocycles. The summed E-state index contributed by atoms with van der Waals surface area (Å²) in [6.45, 7) is -0.438. The zero-order chi connectivity index (χ0) is 29.7. The third-order valence-electron chi connectivity index (χ3n) is 7.57. The van der Waals surface area contributed by atoms with Gasteiger partial charge in [0.05, 0.1) is 30.6 Å². The van der Waals surface area contributed by atoms with E-state index in [2.05, 4.69) is 30.2 Å². The van der Waals surface area contributed by atoms with E-state index in [1.54, 1.807) is 0 Å². The molecule has 2 aliphatic rings. The molecule has 2 amide bonds. The molecule has 0 spiro atoms. The Morgan fingerprint density at radius 2 is 1.80 bits per heavy atom. The van der Waals surface area contributed by atoms with Gasteiger partial charge in [-0.15, -0.1) is 0 Å². The molecule has 2 N–H and O–H groups in total. The summed E-state index contributed by atoms with van der Waals surface area (Å²) in [5, 5.41) is 9.76. The van der Waals surface area contributed by atoms with E-state index in [4.69, 9.17) is 0 Å². The van der Waals surface area contributed by atoms with Crippen molar-refractivity contribution in [2.45, 2.75) is 69.3 Å². The lowest BCUT2D eigenvalue weighted by Crippen LogP contribution is -2.59. The maximum absolute atomic E-state index is 15.8. The number of aromatic nitrogens is 4. The fourth-order valence-corrected chi connectivity index (χ4v) is 5.37. The summed E-state index contributed by atoms with van der Waals surface area (Å²) in [5.41, 5.74) is -0.687. The molecular weight excluding hydrogens is 565 g/mol. The van der Waals surface area contributed by atoms with Crippen LogP contribution in [0.1, 0.15) is 71.6 Å². The predicted octanol–water partition coefficient (Wildman–Crippen LogP) is 4.91. The molecule has 3 aromatic rings. The molecule has 9 nitrogen and oxygen atoms in total. The lowest BCUT2D eigenvalue weighted by atomic mass is 9.81. The molecule has 2 fully saturated rings. The Balaban J connectivity index is 1.49. The number of imidazole rings is 1. The van der Waals surface area contributed by atoms with Crippen LogP contribution >= 0.6 is 0 Å². The second-order valence-corrected chi connectivity index (χ2v) is 10.6. The molecule has 1 aliphatic carbocycles. The summed E-state index contributed by atoms with van der Waals surface area (Å²) in [4.78, 5) is 33.5. The van der Waals surface area contributed by atoms with Crippen molar-refractivity contribution in [3.05, 3.63) is 40.7 Å². The fraction of sp³-hybridized carbons (Fsp3) is 0.560. The molecule has 1 aliphatic heterocycles. The van der Waals surface area contributed by atoms with Gasteiger partial charge in [0.25, 0.3) is 11.8 Å². The first-order valence-electron chi connectivity index (χ1n) is 12.9. The lowest BCUT2D eigenvalue weighted by molar-refractivity contribution is -0.168. The van der Waals surface area contributed by atoms with Crippen molar-refractivity contribution in [2.75, 3.05) is 13.1 Å². The number of nitrogens with one attached hydrogen (secondary N) is 2. The molecule has 2 atom stereocenters. The standard InChI is InChI=1S/C25H25F7N6O3/c1-11-18(37-41-36-11)22(39)35-19(12-4-6-24(29,30)7-5-12)21-33-15-3-2-13(17(28)20(15)34-21)14(8-16(26)27)23(40)38-9-25(31,32)10-38/h2-3,12,14,16,19H,4-10H2,1H3,(H,33,34)(H,35,39)/t14?,19-/m0/s1. The second-order valence-electron chi connectivity index (χ2n) is 10.6. The number of benzene rings is 1. The van der Waals surface area contributed by atoms with Gasteiger partial charge in [-0.05, 0) is 36.9 Å². The van der Waals surface area contributed by atoms with E-state index in [1.807, 2.05) is 0 Å². The number of nitrogens with zero attached hydrogens (tertiary/aromatic N) is 4. The predicted molar refractivity (Wildman–Crippen MR) is 127 cm³/mol. The van der Waals surface area contributed by atoms with Gasteiger partial charge in [-0.3, -0.25) is 9.59 Å². The molecule has 3 heterocycles. The molecule has 1 saturated carbocycles. The highest BCUT2D eigenvalue weighted by atomic mass is 19.3. The highest BCUT2D eigenvalue weighted by Gasteiger charge is 2.48. The largest absolute Gasteiger partial charge is 0.340 e. The molecule has 0 radical (unpaired) electrons. The number of aryl methyl sites for hydroxylation is 1. The van der Waals surface area contributed by atoms with Gasteiger partial charge in [0.1, 0.15) is 17.0 Å². The number of hydrogen-bond donors (Lipinski definition) is 2. The zero-order valence-corrected chi connectivity index (χ0v) is 21.6. The number of hydrogen-bond acceptors (Lipinski definition) is 6. The number of fused-ring (bicyclic) bond motifs is 1. The van der Waals surface area contributed by atoms with Gasteiger partial charge in [0, 0.05) is 24.8 Å². The number of carbonyl (C=O) groups is 2. The highest BCUT2D eigenvalue weighted by Crippen LogP contribution is 2.42. The number of amides is 2. The normalized spacial score (nSPS) is 20.2. The van der Waals surface area contributed by atoms with Gasteiger partial charge in [0.2, 0.25) is 18.3 Å².